The second-order valence-electron chi connectivity index (χ2n) is 4.67. The lowest BCUT2D eigenvalue weighted by Crippen LogP contribution is -2.10. The highest BCUT2D eigenvalue weighted by molar-refractivity contribution is 7.99. The average Bonchev–Trinajstić information content (AvgIpc) is 2.51. The molecule has 2 aromatic rings. The lowest BCUT2D eigenvalue weighted by Gasteiger charge is -2.10. The fourth-order valence-electron chi connectivity index (χ4n) is 2.04. The summed E-state index contributed by atoms with van der Waals surface area (Å²) in [5, 5.41) is 9.17. The van der Waals surface area contributed by atoms with Crippen LogP contribution >= 0.6 is 11.8 Å². The van der Waals surface area contributed by atoms with Crippen LogP contribution in [0.4, 0.5) is 0 Å². The highest BCUT2D eigenvalue weighted by Crippen LogP contribution is 2.30. The van der Waals surface area contributed by atoms with E-state index in [9.17, 15) is 4.79 Å². The van der Waals surface area contributed by atoms with Gasteiger partial charge in [-0.25, -0.2) is 4.79 Å². The van der Waals surface area contributed by atoms with Gasteiger partial charge in [-0.15, -0.1) is 22.0 Å². The Balaban J connectivity index is 2.35. The molecule has 0 atom stereocenters. The van der Waals surface area contributed by atoms with E-state index in [0.29, 0.717) is 12.3 Å². The third kappa shape index (κ3) is 3.94. The molecule has 0 saturated heterocycles. The molecule has 0 bridgehead atoms. The Morgan fingerprint density at radius 3 is 2.76 bits per heavy atom. The van der Waals surface area contributed by atoms with Crippen LogP contribution in [0.3, 0.4) is 0 Å². The number of hydrogen-bond donors (Lipinski definition) is 0. The van der Waals surface area contributed by atoms with E-state index < -0.39 is 5.97 Å². The molecule has 0 radical (unpaired) electrons. The highest BCUT2D eigenvalue weighted by atomic mass is 32.2. The molecule has 21 heavy (non-hydrogen) atoms. The van der Waals surface area contributed by atoms with Crippen molar-refractivity contribution in [2.75, 3.05) is 12.4 Å². The molecule has 1 heterocycles. The molecule has 0 fully saturated rings. The topological polar surface area (TPSA) is 52.1 Å². The number of carbonyl (C=O) groups excluding carboxylic acids is 1. The van der Waals surface area contributed by atoms with Gasteiger partial charge in [0.1, 0.15) is 0 Å². The van der Waals surface area contributed by atoms with Crippen LogP contribution in [0.1, 0.15) is 43.6 Å². The Morgan fingerprint density at radius 1 is 1.19 bits per heavy atom. The van der Waals surface area contributed by atoms with E-state index in [2.05, 4.69) is 17.1 Å². The second-order valence-corrected chi connectivity index (χ2v) is 5.78. The van der Waals surface area contributed by atoms with E-state index in [-0.39, 0.29) is 0 Å². The van der Waals surface area contributed by atoms with E-state index >= 15 is 0 Å². The quantitative estimate of drug-likeness (QED) is 0.438. The molecule has 1 aromatic heterocycles. The third-order valence-electron chi connectivity index (χ3n) is 3.08. The fraction of sp³-hybridized carbons (Fsp3) is 0.438. The average molecular weight is 304 g/mol. The van der Waals surface area contributed by atoms with Crippen molar-refractivity contribution in [2.24, 2.45) is 0 Å². The summed E-state index contributed by atoms with van der Waals surface area (Å²) < 4.78 is 5.09. The van der Waals surface area contributed by atoms with Crippen molar-refractivity contribution < 1.29 is 9.53 Å². The normalized spacial score (nSPS) is 10.8. The van der Waals surface area contributed by atoms with Gasteiger partial charge in [0.15, 0.2) is 5.69 Å². The molecule has 0 spiro atoms. The molecular weight excluding hydrogens is 284 g/mol. The van der Waals surface area contributed by atoms with Crippen LogP contribution in [-0.2, 0) is 4.74 Å². The van der Waals surface area contributed by atoms with Crippen LogP contribution in [0, 0.1) is 0 Å². The van der Waals surface area contributed by atoms with Gasteiger partial charge < -0.3 is 4.74 Å². The monoisotopic (exact) mass is 304 g/mol. The van der Waals surface area contributed by atoms with Gasteiger partial charge in [-0.05, 0) is 25.2 Å². The summed E-state index contributed by atoms with van der Waals surface area (Å²) >= 11 is 1.67. The Kier molecular flexibility index (Phi) is 5.99. The standard InChI is InChI=1S/C16H20N2O2S/c1-3-5-8-11-21-15-12-9-6-7-10-13(12)17-18-14(15)16(19)20-4-2/h6-7,9-10H,3-5,8,11H2,1-2H3. The molecule has 0 aliphatic carbocycles. The maximum absolute atomic E-state index is 12.1. The number of unbranched alkanes of at least 4 members (excludes halogenated alkanes) is 2. The van der Waals surface area contributed by atoms with Crippen LogP contribution in [0.5, 0.6) is 0 Å². The number of thioether (sulfide) groups is 1. The largest absolute Gasteiger partial charge is 0.461 e. The first kappa shape index (κ1) is 15.8. The Bertz CT molecular complexity index is 616. The van der Waals surface area contributed by atoms with Gasteiger partial charge in [-0.2, -0.15) is 0 Å². The first-order chi connectivity index (χ1) is 10.3. The number of fused-ring (bicyclic) bond motifs is 1. The minimum Gasteiger partial charge on any atom is -0.461 e. The molecule has 2 rings (SSSR count). The number of rotatable bonds is 7. The summed E-state index contributed by atoms with van der Waals surface area (Å²) in [5.74, 6) is 0.574. The van der Waals surface area contributed by atoms with Crippen LogP contribution in [0.25, 0.3) is 10.9 Å². The number of aromatic nitrogens is 2. The van der Waals surface area contributed by atoms with Gasteiger partial charge in [0.25, 0.3) is 0 Å². The number of esters is 1. The Morgan fingerprint density at radius 2 is 2.00 bits per heavy atom. The van der Waals surface area contributed by atoms with Gasteiger partial charge in [-0.3, -0.25) is 0 Å². The zero-order valence-corrected chi connectivity index (χ0v) is 13.3. The molecule has 0 unspecified atom stereocenters. The predicted octanol–water partition coefficient (Wildman–Crippen LogP) is 4.09. The lowest BCUT2D eigenvalue weighted by atomic mass is 10.2. The van der Waals surface area contributed by atoms with Crippen molar-refractivity contribution >= 4 is 28.6 Å². The second kappa shape index (κ2) is 7.98. The third-order valence-corrected chi connectivity index (χ3v) is 4.28. The molecule has 0 saturated carbocycles. The molecule has 4 nitrogen and oxygen atoms in total. The van der Waals surface area contributed by atoms with Crippen molar-refractivity contribution in [3.8, 4) is 0 Å². The van der Waals surface area contributed by atoms with E-state index in [0.717, 1.165) is 28.0 Å². The van der Waals surface area contributed by atoms with Crippen LogP contribution in [0.2, 0.25) is 0 Å². The van der Waals surface area contributed by atoms with Crippen LogP contribution in [0.15, 0.2) is 29.2 Å². The van der Waals surface area contributed by atoms with Crippen molar-refractivity contribution in [3.63, 3.8) is 0 Å². The summed E-state index contributed by atoms with van der Waals surface area (Å²) in [6.45, 7) is 4.31. The highest BCUT2D eigenvalue weighted by Gasteiger charge is 2.18. The lowest BCUT2D eigenvalue weighted by molar-refractivity contribution is 0.0514. The van der Waals surface area contributed by atoms with E-state index in [1.54, 1.807) is 18.7 Å². The molecule has 0 amide bonds. The Hall–Kier alpha value is -1.62. The van der Waals surface area contributed by atoms with Crippen molar-refractivity contribution in [1.29, 1.82) is 0 Å². The summed E-state index contributed by atoms with van der Waals surface area (Å²) in [6.07, 6.45) is 3.50. The fourth-order valence-corrected chi connectivity index (χ4v) is 3.18. The SMILES string of the molecule is CCCCCSc1c(C(=O)OCC)nnc2ccccc12. The van der Waals surface area contributed by atoms with E-state index in [1.165, 1.54) is 12.8 Å². The summed E-state index contributed by atoms with van der Waals surface area (Å²) in [6, 6.07) is 7.77. The van der Waals surface area contributed by atoms with Gasteiger partial charge in [0.2, 0.25) is 0 Å². The molecule has 1 aromatic carbocycles. The van der Waals surface area contributed by atoms with Crippen molar-refractivity contribution in [1.82, 2.24) is 10.2 Å². The van der Waals surface area contributed by atoms with Crippen molar-refractivity contribution in [2.45, 2.75) is 38.0 Å². The molecule has 112 valence electrons. The number of carbonyl (C=O) groups is 1. The zero-order valence-electron chi connectivity index (χ0n) is 12.5. The van der Waals surface area contributed by atoms with Crippen LogP contribution < -0.4 is 0 Å². The maximum Gasteiger partial charge on any atom is 0.360 e. The van der Waals surface area contributed by atoms with Gasteiger partial charge in [-0.1, -0.05) is 38.0 Å². The molecule has 0 N–H and O–H groups in total. The smallest absolute Gasteiger partial charge is 0.360 e. The predicted molar refractivity (Wildman–Crippen MR) is 85.7 cm³/mol. The minimum absolute atomic E-state index is 0.331. The van der Waals surface area contributed by atoms with Crippen LogP contribution in [-0.4, -0.2) is 28.5 Å². The number of nitrogens with zero attached hydrogens (tertiary/aromatic N) is 2. The summed E-state index contributed by atoms with van der Waals surface area (Å²) in [5.41, 5.74) is 1.14. The summed E-state index contributed by atoms with van der Waals surface area (Å²) in [4.78, 5) is 12.9. The minimum atomic E-state index is -0.395. The zero-order chi connectivity index (χ0) is 15.1. The number of hydrogen-bond acceptors (Lipinski definition) is 5. The number of benzene rings is 1. The maximum atomic E-state index is 12.1. The van der Waals surface area contributed by atoms with Gasteiger partial charge in [0.05, 0.1) is 17.0 Å². The molecule has 0 aliphatic heterocycles. The molecule has 0 aliphatic rings. The van der Waals surface area contributed by atoms with E-state index in [4.69, 9.17) is 4.74 Å². The van der Waals surface area contributed by atoms with Crippen molar-refractivity contribution in [3.05, 3.63) is 30.0 Å². The molecular formula is C16H20N2O2S. The van der Waals surface area contributed by atoms with E-state index in [1.807, 2.05) is 24.3 Å². The first-order valence-corrected chi connectivity index (χ1v) is 8.31. The molecule has 5 heteroatoms. The first-order valence-electron chi connectivity index (χ1n) is 7.33. The summed E-state index contributed by atoms with van der Waals surface area (Å²) in [7, 11) is 0. The number of ether oxygens (including phenoxy) is 1. The van der Waals surface area contributed by atoms with Gasteiger partial charge >= 0.3 is 5.97 Å². The van der Waals surface area contributed by atoms with Gasteiger partial charge in [0, 0.05) is 5.39 Å². The Labute approximate surface area is 129 Å².